The number of likely N-dealkylation sites (N-methyl/N-ethyl adjacent to an activating group) is 1. The Hall–Kier alpha value is -1.68. The highest BCUT2D eigenvalue weighted by atomic mass is 16.5. The lowest BCUT2D eigenvalue weighted by molar-refractivity contribution is -0.0495. The van der Waals surface area contributed by atoms with Gasteiger partial charge in [-0.1, -0.05) is 0 Å². The number of rotatable bonds is 15. The molecule has 1 N–H and O–H groups in total. The average Bonchev–Trinajstić information content (AvgIpc) is 3.89. The van der Waals surface area contributed by atoms with E-state index in [1.807, 2.05) is 0 Å². The molecule has 1 amide bonds. The van der Waals surface area contributed by atoms with E-state index in [1.165, 1.54) is 43.4 Å². The molecule has 4 fully saturated rings. The van der Waals surface area contributed by atoms with Crippen molar-refractivity contribution >= 4 is 6.09 Å². The Labute approximate surface area is 234 Å². The van der Waals surface area contributed by atoms with Crippen molar-refractivity contribution in [3.63, 3.8) is 0 Å². The van der Waals surface area contributed by atoms with Gasteiger partial charge >= 0.3 is 6.09 Å². The van der Waals surface area contributed by atoms with Crippen LogP contribution in [0.3, 0.4) is 0 Å². The van der Waals surface area contributed by atoms with E-state index in [0.717, 1.165) is 89.9 Å². The van der Waals surface area contributed by atoms with E-state index < -0.39 is 0 Å². The van der Waals surface area contributed by atoms with Crippen molar-refractivity contribution in [2.24, 2.45) is 17.3 Å². The van der Waals surface area contributed by atoms with Crippen molar-refractivity contribution in [3.05, 3.63) is 17.5 Å². The number of nitrogens with zero attached hydrogens (tertiary/aromatic N) is 3. The van der Waals surface area contributed by atoms with Gasteiger partial charge in [0.1, 0.15) is 12.8 Å². The summed E-state index contributed by atoms with van der Waals surface area (Å²) in [5.74, 6) is 2.01. The molecule has 2 heterocycles. The smallest absolute Gasteiger partial charge is 0.406 e. The van der Waals surface area contributed by atoms with Gasteiger partial charge in [-0.2, -0.15) is 5.10 Å². The molecule has 0 aromatic carbocycles. The number of carbonyl (C=O) groups excluding carboxylic acids is 1. The van der Waals surface area contributed by atoms with Crippen LogP contribution < -0.4 is 5.32 Å². The van der Waals surface area contributed by atoms with Crippen LogP contribution in [0.5, 0.6) is 0 Å². The van der Waals surface area contributed by atoms with Crippen LogP contribution in [0.4, 0.5) is 4.79 Å². The van der Waals surface area contributed by atoms with Gasteiger partial charge in [0.15, 0.2) is 0 Å². The number of alkyl carbamates (subject to hydrolysis) is 1. The third kappa shape index (κ3) is 8.65. The zero-order valence-corrected chi connectivity index (χ0v) is 24.2. The second-order valence-electron chi connectivity index (χ2n) is 12.7. The Morgan fingerprint density at radius 1 is 1.08 bits per heavy atom. The maximum Gasteiger partial charge on any atom is 0.406 e. The molecule has 1 unspecified atom stereocenters. The Balaban J connectivity index is 1.23. The van der Waals surface area contributed by atoms with E-state index in [1.54, 1.807) is 7.05 Å². The van der Waals surface area contributed by atoms with Crippen molar-refractivity contribution in [3.8, 4) is 0 Å². The average molecular weight is 547 g/mol. The molecule has 1 atom stereocenters. The molecule has 1 aliphatic heterocycles. The fourth-order valence-electron chi connectivity index (χ4n) is 6.01. The fourth-order valence-corrected chi connectivity index (χ4v) is 6.01. The summed E-state index contributed by atoms with van der Waals surface area (Å²) < 4.78 is 25.9. The summed E-state index contributed by atoms with van der Waals surface area (Å²) in [5.41, 5.74) is 2.61. The number of hydrogen-bond donors (Lipinski definition) is 1. The van der Waals surface area contributed by atoms with E-state index in [9.17, 15) is 4.79 Å². The van der Waals surface area contributed by atoms with Crippen LogP contribution in [0, 0.1) is 17.3 Å². The zero-order valence-electron chi connectivity index (χ0n) is 24.2. The Morgan fingerprint density at radius 3 is 2.36 bits per heavy atom. The highest BCUT2D eigenvalue weighted by molar-refractivity contribution is 5.66. The molecule has 9 heteroatoms. The van der Waals surface area contributed by atoms with E-state index in [2.05, 4.69) is 28.1 Å². The van der Waals surface area contributed by atoms with Crippen LogP contribution in [-0.2, 0) is 25.5 Å². The second-order valence-corrected chi connectivity index (χ2v) is 12.7. The van der Waals surface area contributed by atoms with Gasteiger partial charge in [-0.15, -0.1) is 0 Å². The highest BCUT2D eigenvalue weighted by Gasteiger charge is 2.39. The molecule has 5 rings (SSSR count). The first-order valence-corrected chi connectivity index (χ1v) is 15.4. The third-order valence-electron chi connectivity index (χ3n) is 8.99. The molecule has 0 spiro atoms. The summed E-state index contributed by atoms with van der Waals surface area (Å²) in [6.45, 7) is 6.09. The largest absolute Gasteiger partial charge is 0.448 e. The first-order valence-electron chi connectivity index (χ1n) is 15.4. The van der Waals surface area contributed by atoms with Crippen LogP contribution in [-0.4, -0.2) is 81.1 Å². The van der Waals surface area contributed by atoms with E-state index in [-0.39, 0.29) is 17.7 Å². The van der Waals surface area contributed by atoms with Crippen LogP contribution in [0.25, 0.3) is 0 Å². The molecule has 1 saturated heterocycles. The molecule has 3 aliphatic carbocycles. The van der Waals surface area contributed by atoms with E-state index in [0.29, 0.717) is 19.1 Å². The summed E-state index contributed by atoms with van der Waals surface area (Å²) in [5, 5.41) is 7.68. The van der Waals surface area contributed by atoms with Crippen molar-refractivity contribution in [1.29, 1.82) is 0 Å². The maximum absolute atomic E-state index is 11.5. The van der Waals surface area contributed by atoms with Crippen LogP contribution >= 0.6 is 0 Å². The molecule has 0 radical (unpaired) electrons. The minimum absolute atomic E-state index is 0.0301. The van der Waals surface area contributed by atoms with Gasteiger partial charge in [0.2, 0.25) is 0 Å². The van der Waals surface area contributed by atoms with Gasteiger partial charge in [-0.05, 0) is 89.5 Å². The van der Waals surface area contributed by atoms with Crippen molar-refractivity contribution in [2.45, 2.75) is 89.3 Å². The van der Waals surface area contributed by atoms with Crippen LogP contribution in [0.15, 0.2) is 6.20 Å². The standard InChI is InChI=1S/C30H50N4O5/c1-31-29(35)39-16-14-33(2)17-26-18-34(27-5-3-4-15-38-27)32-28(26)25-10-12-30(13-11-25,21-36-19-23-6-7-23)22-37-20-24-8-9-24/h18,23-25,27H,3-17,19-22H2,1-2H3,(H,31,35). The van der Waals surface area contributed by atoms with E-state index in [4.69, 9.17) is 24.0 Å². The molecule has 9 nitrogen and oxygen atoms in total. The molecule has 3 saturated carbocycles. The van der Waals surface area contributed by atoms with Crippen molar-refractivity contribution < 1.29 is 23.7 Å². The number of amides is 1. The number of carbonyl (C=O) groups is 1. The van der Waals surface area contributed by atoms with Crippen LogP contribution in [0.2, 0.25) is 0 Å². The summed E-state index contributed by atoms with van der Waals surface area (Å²) in [6, 6.07) is 0. The number of aromatic nitrogens is 2. The third-order valence-corrected chi connectivity index (χ3v) is 8.99. The molecule has 39 heavy (non-hydrogen) atoms. The number of nitrogens with one attached hydrogen (secondary N) is 1. The van der Waals surface area contributed by atoms with E-state index >= 15 is 0 Å². The quantitative estimate of drug-likeness (QED) is 0.336. The lowest BCUT2D eigenvalue weighted by atomic mass is 9.70. The predicted molar refractivity (Wildman–Crippen MR) is 149 cm³/mol. The minimum atomic E-state index is -0.390. The lowest BCUT2D eigenvalue weighted by Gasteiger charge is -2.40. The molecule has 0 bridgehead atoms. The van der Waals surface area contributed by atoms with Gasteiger partial charge in [-0.3, -0.25) is 4.90 Å². The molecule has 220 valence electrons. The highest BCUT2D eigenvalue weighted by Crippen LogP contribution is 2.45. The lowest BCUT2D eigenvalue weighted by Crippen LogP contribution is -2.37. The molecular weight excluding hydrogens is 496 g/mol. The molecule has 1 aromatic rings. The summed E-state index contributed by atoms with van der Waals surface area (Å²) >= 11 is 0. The summed E-state index contributed by atoms with van der Waals surface area (Å²) in [4.78, 5) is 13.7. The minimum Gasteiger partial charge on any atom is -0.448 e. The summed E-state index contributed by atoms with van der Waals surface area (Å²) in [7, 11) is 3.66. The maximum atomic E-state index is 11.5. The molecular formula is C30H50N4O5. The van der Waals surface area contributed by atoms with Gasteiger partial charge in [0, 0.05) is 63.1 Å². The van der Waals surface area contributed by atoms with Gasteiger partial charge < -0.3 is 24.3 Å². The first-order chi connectivity index (χ1) is 19.0. The number of ether oxygens (including phenoxy) is 4. The SMILES string of the molecule is CNC(=O)OCCN(C)Cc1cn(C2CCCCO2)nc1C1CCC(COCC2CC2)(COCC2CC2)CC1. The van der Waals surface area contributed by atoms with Crippen LogP contribution in [0.1, 0.15) is 94.0 Å². The monoisotopic (exact) mass is 546 g/mol. The van der Waals surface area contributed by atoms with Gasteiger partial charge in [0.25, 0.3) is 0 Å². The Morgan fingerprint density at radius 2 is 1.77 bits per heavy atom. The fraction of sp³-hybridized carbons (Fsp3) is 0.867. The zero-order chi connectivity index (χ0) is 27.1. The normalized spacial score (nSPS) is 23.7. The van der Waals surface area contributed by atoms with Gasteiger partial charge in [-0.25, -0.2) is 9.48 Å². The topological polar surface area (TPSA) is 87.1 Å². The molecule has 1 aromatic heterocycles. The second kappa shape index (κ2) is 13.8. The molecule has 4 aliphatic rings. The Bertz CT molecular complexity index is 881. The van der Waals surface area contributed by atoms with Crippen molar-refractivity contribution in [1.82, 2.24) is 20.0 Å². The Kier molecular flexibility index (Phi) is 10.2. The van der Waals surface area contributed by atoms with Gasteiger partial charge in [0.05, 0.1) is 18.9 Å². The van der Waals surface area contributed by atoms with Crippen molar-refractivity contribution in [2.75, 3.05) is 60.3 Å². The summed E-state index contributed by atoms with van der Waals surface area (Å²) in [6.07, 6.45) is 14.9. The predicted octanol–water partition coefficient (Wildman–Crippen LogP) is 4.87. The first kappa shape index (κ1) is 28.8. The number of hydrogen-bond acceptors (Lipinski definition) is 7.